The molecule has 5 heteroatoms. The average molecular weight is 380 g/mol. The van der Waals surface area contributed by atoms with Gasteiger partial charge in [-0.25, -0.2) is 0 Å². The zero-order chi connectivity index (χ0) is 20.1. The molecule has 2 aromatic rings. The van der Waals surface area contributed by atoms with Crippen molar-refractivity contribution in [1.29, 1.82) is 0 Å². The number of carbonyl (C=O) groups excluding carboxylic acids is 2. The Morgan fingerprint density at radius 3 is 2.25 bits per heavy atom. The standard InChI is InChI=1S/C23H29N3O2/c1-16(2)13-21(27)25-22(18-11-7-4-8-12-18)23(28)26-14-19(20(24)15-26)17-9-5-3-6-10-17/h3-12,16,19-20,22H,13-15,24H2,1-2H3,(H,25,27)/t19-,20+,22?/m0/s1. The van der Waals surface area contributed by atoms with E-state index < -0.39 is 6.04 Å². The number of hydrogen-bond donors (Lipinski definition) is 2. The predicted molar refractivity (Wildman–Crippen MR) is 111 cm³/mol. The van der Waals surface area contributed by atoms with E-state index in [0.29, 0.717) is 19.5 Å². The maximum atomic E-state index is 13.3. The van der Waals surface area contributed by atoms with E-state index in [1.165, 1.54) is 0 Å². The van der Waals surface area contributed by atoms with Crippen molar-refractivity contribution >= 4 is 11.8 Å². The Balaban J connectivity index is 1.78. The van der Waals surface area contributed by atoms with Crippen LogP contribution in [0.3, 0.4) is 0 Å². The van der Waals surface area contributed by atoms with Crippen LogP contribution in [-0.4, -0.2) is 35.8 Å². The second-order valence-electron chi connectivity index (χ2n) is 7.93. The summed E-state index contributed by atoms with van der Waals surface area (Å²) >= 11 is 0. The maximum Gasteiger partial charge on any atom is 0.249 e. The van der Waals surface area contributed by atoms with Crippen LogP contribution in [0.4, 0.5) is 0 Å². The van der Waals surface area contributed by atoms with E-state index in [4.69, 9.17) is 5.73 Å². The molecule has 0 aromatic heterocycles. The summed E-state index contributed by atoms with van der Waals surface area (Å²) in [6.45, 7) is 5.03. The molecule has 1 saturated heterocycles. The Kier molecular flexibility index (Phi) is 6.47. The first-order chi connectivity index (χ1) is 13.5. The third-order valence-corrected chi connectivity index (χ3v) is 5.18. The molecule has 0 radical (unpaired) electrons. The lowest BCUT2D eigenvalue weighted by Gasteiger charge is -2.25. The van der Waals surface area contributed by atoms with Gasteiger partial charge in [-0.3, -0.25) is 9.59 Å². The molecule has 5 nitrogen and oxygen atoms in total. The Morgan fingerprint density at radius 2 is 1.64 bits per heavy atom. The van der Waals surface area contributed by atoms with Crippen LogP contribution in [-0.2, 0) is 9.59 Å². The van der Waals surface area contributed by atoms with Gasteiger partial charge < -0.3 is 16.0 Å². The molecule has 1 aliphatic heterocycles. The van der Waals surface area contributed by atoms with Crippen molar-refractivity contribution < 1.29 is 9.59 Å². The molecule has 28 heavy (non-hydrogen) atoms. The topological polar surface area (TPSA) is 75.4 Å². The van der Waals surface area contributed by atoms with E-state index in [-0.39, 0.29) is 29.7 Å². The van der Waals surface area contributed by atoms with E-state index in [1.54, 1.807) is 4.90 Å². The molecular formula is C23H29N3O2. The molecule has 3 atom stereocenters. The quantitative estimate of drug-likeness (QED) is 0.810. The van der Waals surface area contributed by atoms with Gasteiger partial charge in [0, 0.05) is 31.5 Å². The van der Waals surface area contributed by atoms with Crippen LogP contribution in [0.1, 0.15) is 43.4 Å². The Labute approximate surface area is 166 Å². The number of benzene rings is 2. The monoisotopic (exact) mass is 379 g/mol. The van der Waals surface area contributed by atoms with E-state index in [1.807, 2.05) is 62.4 Å². The number of nitrogens with one attached hydrogen (secondary N) is 1. The van der Waals surface area contributed by atoms with Gasteiger partial charge in [-0.05, 0) is 17.0 Å². The van der Waals surface area contributed by atoms with Crippen LogP contribution in [0.5, 0.6) is 0 Å². The average Bonchev–Trinajstić information content (AvgIpc) is 3.08. The number of amides is 2. The summed E-state index contributed by atoms with van der Waals surface area (Å²) in [7, 11) is 0. The smallest absolute Gasteiger partial charge is 0.249 e. The molecule has 1 aliphatic rings. The van der Waals surface area contributed by atoms with E-state index in [9.17, 15) is 9.59 Å². The summed E-state index contributed by atoms with van der Waals surface area (Å²) in [5, 5.41) is 2.94. The van der Waals surface area contributed by atoms with Crippen molar-refractivity contribution in [3.05, 3.63) is 71.8 Å². The predicted octanol–water partition coefficient (Wildman–Crippen LogP) is 2.84. The van der Waals surface area contributed by atoms with Crippen LogP contribution in [0, 0.1) is 5.92 Å². The second kappa shape index (κ2) is 9.02. The lowest BCUT2D eigenvalue weighted by molar-refractivity contribution is -0.136. The van der Waals surface area contributed by atoms with Gasteiger partial charge in [0.25, 0.3) is 0 Å². The Bertz CT molecular complexity index is 792. The van der Waals surface area contributed by atoms with Crippen molar-refractivity contribution in [1.82, 2.24) is 10.2 Å². The summed E-state index contributed by atoms with van der Waals surface area (Å²) in [6.07, 6.45) is 0.392. The normalized spacial score (nSPS) is 20.2. The van der Waals surface area contributed by atoms with Gasteiger partial charge in [-0.15, -0.1) is 0 Å². The summed E-state index contributed by atoms with van der Waals surface area (Å²) in [6, 6.07) is 18.7. The molecule has 3 N–H and O–H groups in total. The summed E-state index contributed by atoms with van der Waals surface area (Å²) in [5.41, 5.74) is 8.30. The van der Waals surface area contributed by atoms with Crippen LogP contribution in [0.15, 0.2) is 60.7 Å². The molecule has 0 bridgehead atoms. The lowest BCUT2D eigenvalue weighted by Crippen LogP contribution is -2.43. The molecule has 148 valence electrons. The number of likely N-dealkylation sites (tertiary alicyclic amines) is 1. The molecule has 3 rings (SSSR count). The fraction of sp³-hybridized carbons (Fsp3) is 0.391. The number of rotatable bonds is 6. The molecule has 0 saturated carbocycles. The third kappa shape index (κ3) is 4.78. The minimum atomic E-state index is -0.686. The van der Waals surface area contributed by atoms with Crippen molar-refractivity contribution in [3.63, 3.8) is 0 Å². The maximum absolute atomic E-state index is 13.3. The third-order valence-electron chi connectivity index (χ3n) is 5.18. The highest BCUT2D eigenvalue weighted by Gasteiger charge is 2.37. The first kappa shape index (κ1) is 20.1. The minimum absolute atomic E-state index is 0.0998. The van der Waals surface area contributed by atoms with Crippen LogP contribution in [0.25, 0.3) is 0 Å². The highest BCUT2D eigenvalue weighted by molar-refractivity contribution is 5.89. The van der Waals surface area contributed by atoms with Gasteiger partial charge in [0.1, 0.15) is 6.04 Å². The van der Waals surface area contributed by atoms with Gasteiger partial charge >= 0.3 is 0 Å². The molecule has 1 unspecified atom stereocenters. The number of hydrogen-bond acceptors (Lipinski definition) is 3. The molecule has 0 spiro atoms. The molecule has 0 aliphatic carbocycles. The summed E-state index contributed by atoms with van der Waals surface area (Å²) in [5.74, 6) is 0.125. The van der Waals surface area contributed by atoms with Crippen molar-refractivity contribution in [2.45, 2.75) is 38.3 Å². The van der Waals surface area contributed by atoms with E-state index >= 15 is 0 Å². The molecule has 2 amide bonds. The highest BCUT2D eigenvalue weighted by atomic mass is 16.2. The Hall–Kier alpha value is -2.66. The van der Waals surface area contributed by atoms with Crippen LogP contribution >= 0.6 is 0 Å². The van der Waals surface area contributed by atoms with Crippen LogP contribution in [0.2, 0.25) is 0 Å². The van der Waals surface area contributed by atoms with Crippen molar-refractivity contribution in [2.75, 3.05) is 13.1 Å². The molecule has 1 fully saturated rings. The molecule has 1 heterocycles. The van der Waals surface area contributed by atoms with Crippen molar-refractivity contribution in [2.24, 2.45) is 11.7 Å². The zero-order valence-corrected chi connectivity index (χ0v) is 16.5. The molecular weight excluding hydrogens is 350 g/mol. The van der Waals surface area contributed by atoms with E-state index in [0.717, 1.165) is 11.1 Å². The van der Waals surface area contributed by atoms with Gasteiger partial charge in [-0.1, -0.05) is 74.5 Å². The van der Waals surface area contributed by atoms with Crippen LogP contribution < -0.4 is 11.1 Å². The fourth-order valence-corrected chi connectivity index (χ4v) is 3.77. The summed E-state index contributed by atoms with van der Waals surface area (Å²) in [4.78, 5) is 27.5. The first-order valence-electron chi connectivity index (χ1n) is 9.89. The van der Waals surface area contributed by atoms with Crippen molar-refractivity contribution in [3.8, 4) is 0 Å². The zero-order valence-electron chi connectivity index (χ0n) is 16.5. The molecule has 2 aromatic carbocycles. The largest absolute Gasteiger partial charge is 0.341 e. The number of nitrogens with zero attached hydrogens (tertiary/aromatic N) is 1. The van der Waals surface area contributed by atoms with Gasteiger partial charge in [0.15, 0.2) is 0 Å². The SMILES string of the molecule is CC(C)CC(=O)NC(C(=O)N1C[C@@H](N)[C@H](c2ccccc2)C1)c1ccccc1. The van der Waals surface area contributed by atoms with E-state index in [2.05, 4.69) is 17.4 Å². The minimum Gasteiger partial charge on any atom is -0.341 e. The highest BCUT2D eigenvalue weighted by Crippen LogP contribution is 2.28. The fourth-order valence-electron chi connectivity index (χ4n) is 3.77. The first-order valence-corrected chi connectivity index (χ1v) is 9.89. The number of carbonyl (C=O) groups is 2. The summed E-state index contributed by atoms with van der Waals surface area (Å²) < 4.78 is 0. The Morgan fingerprint density at radius 1 is 1.04 bits per heavy atom. The second-order valence-corrected chi connectivity index (χ2v) is 7.93. The van der Waals surface area contributed by atoms with Gasteiger partial charge in [0.2, 0.25) is 11.8 Å². The number of nitrogens with two attached hydrogens (primary N) is 1. The lowest BCUT2D eigenvalue weighted by atomic mass is 9.95. The van der Waals surface area contributed by atoms with Gasteiger partial charge in [-0.2, -0.15) is 0 Å². The van der Waals surface area contributed by atoms with Gasteiger partial charge in [0.05, 0.1) is 0 Å².